The highest BCUT2D eigenvalue weighted by atomic mass is 16.6. The number of ether oxygens (including phenoxy) is 3. The standard InChI is InChI=1S/C19H24N6O3/c1-11-7-26-10-16(11)25-12(2)4-13-5-20-19(22-17(13)25)21-15-6-24(3)23-18(15)28-14-8-27-9-14/h4-6,11,14,16H,7-10H2,1-3H3,(H,20,21,22). The van der Waals surface area contributed by atoms with Crippen LogP contribution < -0.4 is 10.1 Å². The molecule has 0 radical (unpaired) electrons. The van der Waals surface area contributed by atoms with Gasteiger partial charge in [-0.1, -0.05) is 6.92 Å². The molecule has 5 rings (SSSR count). The van der Waals surface area contributed by atoms with E-state index < -0.39 is 0 Å². The number of hydrogen-bond acceptors (Lipinski definition) is 7. The molecular formula is C19H24N6O3. The number of anilines is 2. The fraction of sp³-hybridized carbons (Fsp3) is 0.526. The predicted octanol–water partition coefficient (Wildman–Crippen LogP) is 2.20. The fourth-order valence-corrected chi connectivity index (χ4v) is 3.80. The maximum Gasteiger partial charge on any atom is 0.257 e. The zero-order valence-corrected chi connectivity index (χ0v) is 16.3. The van der Waals surface area contributed by atoms with Crippen molar-refractivity contribution >= 4 is 22.7 Å². The van der Waals surface area contributed by atoms with Crippen LogP contribution in [0.5, 0.6) is 5.88 Å². The van der Waals surface area contributed by atoms with Crippen molar-refractivity contribution < 1.29 is 14.2 Å². The van der Waals surface area contributed by atoms with Gasteiger partial charge in [0.15, 0.2) is 0 Å². The van der Waals surface area contributed by atoms with Crippen LogP contribution in [0.1, 0.15) is 18.7 Å². The molecule has 2 aliphatic rings. The van der Waals surface area contributed by atoms with Crippen molar-refractivity contribution in [1.29, 1.82) is 0 Å². The van der Waals surface area contributed by atoms with Crippen molar-refractivity contribution in [3.8, 4) is 5.88 Å². The molecule has 5 heterocycles. The number of nitrogens with one attached hydrogen (secondary N) is 1. The SMILES string of the molecule is Cc1cc2cnc(Nc3cn(C)nc3OC3COC3)nc2n1C1COCC1C. The molecule has 9 heteroatoms. The Morgan fingerprint density at radius 2 is 2.04 bits per heavy atom. The minimum absolute atomic E-state index is 0.0441. The molecule has 0 amide bonds. The smallest absolute Gasteiger partial charge is 0.257 e. The molecule has 0 spiro atoms. The van der Waals surface area contributed by atoms with E-state index in [4.69, 9.17) is 19.2 Å². The summed E-state index contributed by atoms with van der Waals surface area (Å²) in [6.07, 6.45) is 3.76. The van der Waals surface area contributed by atoms with E-state index >= 15 is 0 Å². The summed E-state index contributed by atoms with van der Waals surface area (Å²) < 4.78 is 20.7. The van der Waals surface area contributed by atoms with Crippen LogP contribution in [0.4, 0.5) is 11.6 Å². The lowest BCUT2D eigenvalue weighted by molar-refractivity contribution is -0.0812. The van der Waals surface area contributed by atoms with Crippen LogP contribution in [0.3, 0.4) is 0 Å². The number of hydrogen-bond donors (Lipinski definition) is 1. The number of fused-ring (bicyclic) bond motifs is 1. The van der Waals surface area contributed by atoms with Gasteiger partial charge >= 0.3 is 0 Å². The average molecular weight is 384 g/mol. The van der Waals surface area contributed by atoms with Gasteiger partial charge in [-0.3, -0.25) is 4.68 Å². The number of aryl methyl sites for hydroxylation is 2. The molecule has 2 atom stereocenters. The van der Waals surface area contributed by atoms with Gasteiger partial charge in [0.05, 0.1) is 38.7 Å². The van der Waals surface area contributed by atoms with Crippen molar-refractivity contribution in [2.45, 2.75) is 26.0 Å². The fourth-order valence-electron chi connectivity index (χ4n) is 3.80. The molecule has 2 unspecified atom stereocenters. The summed E-state index contributed by atoms with van der Waals surface area (Å²) >= 11 is 0. The lowest BCUT2D eigenvalue weighted by Gasteiger charge is -2.25. The average Bonchev–Trinajstić information content (AvgIpc) is 3.28. The van der Waals surface area contributed by atoms with Crippen molar-refractivity contribution in [1.82, 2.24) is 24.3 Å². The lowest BCUT2D eigenvalue weighted by atomic mass is 10.1. The summed E-state index contributed by atoms with van der Waals surface area (Å²) in [4.78, 5) is 9.28. The molecule has 0 bridgehead atoms. The maximum absolute atomic E-state index is 5.89. The number of rotatable bonds is 5. The first kappa shape index (κ1) is 17.4. The van der Waals surface area contributed by atoms with Gasteiger partial charge in [0.25, 0.3) is 5.88 Å². The Labute approximate surface area is 162 Å². The van der Waals surface area contributed by atoms with E-state index in [1.807, 2.05) is 19.4 Å². The topological polar surface area (TPSA) is 88.3 Å². The van der Waals surface area contributed by atoms with E-state index in [-0.39, 0.29) is 12.1 Å². The van der Waals surface area contributed by atoms with Gasteiger partial charge in [-0.15, -0.1) is 5.10 Å². The summed E-state index contributed by atoms with van der Waals surface area (Å²) in [6.45, 7) is 6.99. The van der Waals surface area contributed by atoms with Gasteiger partial charge in [0.1, 0.15) is 17.4 Å². The summed E-state index contributed by atoms with van der Waals surface area (Å²) in [5, 5.41) is 8.67. The monoisotopic (exact) mass is 384 g/mol. The zero-order chi connectivity index (χ0) is 19.3. The summed E-state index contributed by atoms with van der Waals surface area (Å²) in [5.41, 5.74) is 2.82. The summed E-state index contributed by atoms with van der Waals surface area (Å²) in [5.74, 6) is 1.49. The highest BCUT2D eigenvalue weighted by molar-refractivity contribution is 5.78. The third-order valence-electron chi connectivity index (χ3n) is 5.35. The minimum Gasteiger partial charge on any atom is -0.467 e. The highest BCUT2D eigenvalue weighted by Crippen LogP contribution is 2.32. The van der Waals surface area contributed by atoms with Gasteiger partial charge in [-0.25, -0.2) is 4.98 Å². The van der Waals surface area contributed by atoms with Gasteiger partial charge in [0.2, 0.25) is 5.95 Å². The van der Waals surface area contributed by atoms with Crippen LogP contribution in [0, 0.1) is 12.8 Å². The van der Waals surface area contributed by atoms with Crippen LogP contribution >= 0.6 is 0 Å². The number of aromatic nitrogens is 5. The van der Waals surface area contributed by atoms with E-state index in [1.165, 1.54) is 5.69 Å². The first-order chi connectivity index (χ1) is 13.6. The Bertz CT molecular complexity index is 1010. The molecule has 3 aromatic rings. The first-order valence-electron chi connectivity index (χ1n) is 9.56. The molecule has 28 heavy (non-hydrogen) atoms. The van der Waals surface area contributed by atoms with Crippen molar-refractivity contribution in [3.05, 3.63) is 24.2 Å². The molecular weight excluding hydrogens is 360 g/mol. The van der Waals surface area contributed by atoms with E-state index in [0.717, 1.165) is 23.3 Å². The Balaban J connectivity index is 1.47. The van der Waals surface area contributed by atoms with E-state index in [0.29, 0.717) is 37.6 Å². The molecule has 9 nitrogen and oxygen atoms in total. The highest BCUT2D eigenvalue weighted by Gasteiger charge is 2.29. The van der Waals surface area contributed by atoms with E-state index in [2.05, 4.69) is 39.9 Å². The molecule has 2 saturated heterocycles. The molecule has 0 aromatic carbocycles. The second-order valence-corrected chi connectivity index (χ2v) is 7.63. The Kier molecular flexibility index (Phi) is 4.21. The molecule has 1 N–H and O–H groups in total. The van der Waals surface area contributed by atoms with Crippen LogP contribution in [0.2, 0.25) is 0 Å². The normalized spacial score (nSPS) is 22.5. The van der Waals surface area contributed by atoms with E-state index in [9.17, 15) is 0 Å². The Morgan fingerprint density at radius 3 is 2.75 bits per heavy atom. The Hall–Kier alpha value is -2.65. The predicted molar refractivity (Wildman–Crippen MR) is 103 cm³/mol. The molecule has 3 aromatic heterocycles. The van der Waals surface area contributed by atoms with Crippen molar-refractivity contribution in [2.24, 2.45) is 13.0 Å². The van der Waals surface area contributed by atoms with Crippen LogP contribution in [-0.2, 0) is 16.5 Å². The number of nitrogens with zero attached hydrogens (tertiary/aromatic N) is 5. The van der Waals surface area contributed by atoms with Crippen LogP contribution in [0.25, 0.3) is 11.0 Å². The van der Waals surface area contributed by atoms with Crippen molar-refractivity contribution in [3.63, 3.8) is 0 Å². The van der Waals surface area contributed by atoms with Crippen LogP contribution in [-0.4, -0.2) is 56.8 Å². The van der Waals surface area contributed by atoms with Gasteiger partial charge in [0, 0.05) is 30.2 Å². The minimum atomic E-state index is 0.0441. The van der Waals surface area contributed by atoms with Crippen LogP contribution in [0.15, 0.2) is 18.5 Å². The van der Waals surface area contributed by atoms with Gasteiger partial charge < -0.3 is 24.1 Å². The molecule has 0 aliphatic carbocycles. The van der Waals surface area contributed by atoms with Gasteiger partial charge in [-0.2, -0.15) is 4.98 Å². The molecule has 148 valence electrons. The largest absolute Gasteiger partial charge is 0.467 e. The summed E-state index contributed by atoms with van der Waals surface area (Å²) in [6, 6.07) is 2.41. The third-order valence-corrected chi connectivity index (χ3v) is 5.35. The third kappa shape index (κ3) is 3.00. The van der Waals surface area contributed by atoms with Crippen molar-refractivity contribution in [2.75, 3.05) is 31.7 Å². The molecule has 2 aliphatic heterocycles. The second-order valence-electron chi connectivity index (χ2n) is 7.63. The molecule has 0 saturated carbocycles. The second kappa shape index (κ2) is 6.75. The van der Waals surface area contributed by atoms with E-state index in [1.54, 1.807) is 4.68 Å². The maximum atomic E-state index is 5.89. The quantitative estimate of drug-likeness (QED) is 0.721. The Morgan fingerprint density at radius 1 is 1.21 bits per heavy atom. The first-order valence-corrected chi connectivity index (χ1v) is 9.56. The van der Waals surface area contributed by atoms with Gasteiger partial charge in [-0.05, 0) is 13.0 Å². The zero-order valence-electron chi connectivity index (χ0n) is 16.3. The molecule has 2 fully saturated rings. The summed E-state index contributed by atoms with van der Waals surface area (Å²) in [7, 11) is 1.86. The lowest BCUT2D eigenvalue weighted by Crippen LogP contribution is -2.38.